The lowest BCUT2D eigenvalue weighted by Crippen LogP contribution is -2.18. The number of rotatable bonds is 4. The molecule has 1 aromatic carbocycles. The lowest BCUT2D eigenvalue weighted by molar-refractivity contribution is -0.274. The first kappa shape index (κ1) is 12.2. The molecule has 1 aliphatic carbocycles. The number of hydrogen-bond donors (Lipinski definition) is 1. The van der Waals surface area contributed by atoms with E-state index in [0.717, 1.165) is 13.0 Å². The number of alkyl halides is 3. The molecule has 1 saturated carbocycles. The molecule has 0 unspecified atom stereocenters. The number of hydrogen-bond acceptors (Lipinski definition) is 2. The highest BCUT2D eigenvalue weighted by atomic mass is 19.4. The average molecular weight is 245 g/mol. The van der Waals surface area contributed by atoms with E-state index in [1.165, 1.54) is 6.07 Å². The summed E-state index contributed by atoms with van der Waals surface area (Å²) in [6.45, 7) is 0.824. The maximum absolute atomic E-state index is 12.2. The van der Waals surface area contributed by atoms with Crippen LogP contribution in [0.1, 0.15) is 17.9 Å². The van der Waals surface area contributed by atoms with E-state index in [1.807, 2.05) is 7.05 Å². The van der Waals surface area contributed by atoms with Crippen LogP contribution >= 0.6 is 0 Å². The quantitative estimate of drug-likeness (QED) is 0.880. The molecule has 0 bridgehead atoms. The SMILES string of the molecule is CNC[C@H]1C[C@@H]1c1ccccc1OC(F)(F)F. The molecule has 0 amide bonds. The molecule has 2 rings (SSSR count). The Morgan fingerprint density at radius 3 is 2.71 bits per heavy atom. The molecule has 1 aliphatic rings. The Hall–Kier alpha value is -1.23. The van der Waals surface area contributed by atoms with Crippen molar-refractivity contribution in [2.45, 2.75) is 18.7 Å². The van der Waals surface area contributed by atoms with E-state index in [0.29, 0.717) is 11.5 Å². The third kappa shape index (κ3) is 3.12. The van der Waals surface area contributed by atoms with Crippen LogP contribution in [0.15, 0.2) is 24.3 Å². The summed E-state index contributed by atoms with van der Waals surface area (Å²) in [6, 6.07) is 6.38. The Morgan fingerprint density at radius 2 is 2.06 bits per heavy atom. The second-order valence-electron chi connectivity index (χ2n) is 4.25. The van der Waals surface area contributed by atoms with E-state index >= 15 is 0 Å². The number of benzene rings is 1. The third-order valence-corrected chi connectivity index (χ3v) is 2.93. The van der Waals surface area contributed by atoms with Crippen molar-refractivity contribution in [3.63, 3.8) is 0 Å². The largest absolute Gasteiger partial charge is 0.573 e. The van der Waals surface area contributed by atoms with E-state index < -0.39 is 6.36 Å². The fourth-order valence-corrected chi connectivity index (χ4v) is 2.12. The van der Waals surface area contributed by atoms with Gasteiger partial charge in [0.2, 0.25) is 0 Å². The Morgan fingerprint density at radius 1 is 1.35 bits per heavy atom. The molecule has 2 atom stereocenters. The van der Waals surface area contributed by atoms with Crippen molar-refractivity contribution in [3.05, 3.63) is 29.8 Å². The minimum Gasteiger partial charge on any atom is -0.405 e. The average Bonchev–Trinajstić information content (AvgIpc) is 2.96. The van der Waals surface area contributed by atoms with Crippen molar-refractivity contribution >= 4 is 0 Å². The van der Waals surface area contributed by atoms with Gasteiger partial charge in [-0.25, -0.2) is 0 Å². The molecule has 0 heterocycles. The monoisotopic (exact) mass is 245 g/mol. The normalized spacial score (nSPS) is 23.5. The van der Waals surface area contributed by atoms with E-state index in [-0.39, 0.29) is 11.7 Å². The maximum Gasteiger partial charge on any atom is 0.573 e. The minimum absolute atomic E-state index is 0.0661. The van der Waals surface area contributed by atoms with Crippen molar-refractivity contribution in [1.82, 2.24) is 5.32 Å². The van der Waals surface area contributed by atoms with Gasteiger partial charge < -0.3 is 10.1 Å². The maximum atomic E-state index is 12.2. The van der Waals surface area contributed by atoms with Crippen molar-refractivity contribution in [2.75, 3.05) is 13.6 Å². The van der Waals surface area contributed by atoms with Crippen LogP contribution in [0.5, 0.6) is 5.75 Å². The Balaban J connectivity index is 2.12. The second kappa shape index (κ2) is 4.56. The Bertz CT molecular complexity index is 392. The van der Waals surface area contributed by atoms with Crippen LogP contribution in [0.25, 0.3) is 0 Å². The molecule has 17 heavy (non-hydrogen) atoms. The second-order valence-corrected chi connectivity index (χ2v) is 4.25. The summed E-state index contributed by atoms with van der Waals surface area (Å²) < 4.78 is 40.7. The van der Waals surface area contributed by atoms with Gasteiger partial charge in [-0.05, 0) is 43.5 Å². The minimum atomic E-state index is -4.62. The number of ether oxygens (including phenoxy) is 1. The predicted octanol–water partition coefficient (Wildman–Crippen LogP) is 2.91. The summed E-state index contributed by atoms with van der Waals surface area (Å²) in [5.41, 5.74) is 0.657. The standard InChI is InChI=1S/C12H14F3NO/c1-16-7-8-6-10(8)9-4-2-3-5-11(9)17-12(13,14)15/h2-5,8,10,16H,6-7H2,1H3/t8-,10+/m1/s1. The molecule has 0 spiro atoms. The number of halogens is 3. The molecular formula is C12H14F3NO. The fourth-order valence-electron chi connectivity index (χ4n) is 2.12. The van der Waals surface area contributed by atoms with Gasteiger partial charge >= 0.3 is 6.36 Å². The molecule has 1 aromatic rings. The van der Waals surface area contributed by atoms with Gasteiger partial charge in [-0.1, -0.05) is 18.2 Å². The molecule has 0 aliphatic heterocycles. The van der Waals surface area contributed by atoms with Crippen LogP contribution in [0.3, 0.4) is 0 Å². The zero-order valence-electron chi connectivity index (χ0n) is 9.42. The van der Waals surface area contributed by atoms with Crippen molar-refractivity contribution in [1.29, 1.82) is 0 Å². The van der Waals surface area contributed by atoms with Crippen molar-refractivity contribution < 1.29 is 17.9 Å². The molecule has 1 N–H and O–H groups in total. The van der Waals surface area contributed by atoms with Crippen molar-refractivity contribution in [3.8, 4) is 5.75 Å². The summed E-state index contributed by atoms with van der Waals surface area (Å²) in [6.07, 6.45) is -3.71. The molecule has 5 heteroatoms. The van der Waals surface area contributed by atoms with E-state index in [1.54, 1.807) is 18.2 Å². The third-order valence-electron chi connectivity index (χ3n) is 2.93. The highest BCUT2D eigenvalue weighted by Crippen LogP contribution is 2.50. The summed E-state index contributed by atoms with van der Waals surface area (Å²) in [5, 5.41) is 3.03. The molecule has 0 radical (unpaired) electrons. The highest BCUT2D eigenvalue weighted by molar-refractivity contribution is 5.39. The topological polar surface area (TPSA) is 21.3 Å². The smallest absolute Gasteiger partial charge is 0.405 e. The van der Waals surface area contributed by atoms with Gasteiger partial charge in [0.1, 0.15) is 5.75 Å². The van der Waals surface area contributed by atoms with Crippen LogP contribution in [-0.4, -0.2) is 20.0 Å². The predicted molar refractivity (Wildman–Crippen MR) is 57.9 cm³/mol. The van der Waals surface area contributed by atoms with Gasteiger partial charge in [-0.15, -0.1) is 13.2 Å². The molecule has 0 saturated heterocycles. The molecule has 1 fully saturated rings. The van der Waals surface area contributed by atoms with Crippen LogP contribution < -0.4 is 10.1 Å². The first-order valence-electron chi connectivity index (χ1n) is 5.50. The van der Waals surface area contributed by atoms with Crippen molar-refractivity contribution in [2.24, 2.45) is 5.92 Å². The zero-order valence-corrected chi connectivity index (χ0v) is 9.42. The van der Waals surface area contributed by atoms with Crippen LogP contribution in [0, 0.1) is 5.92 Å². The molecular weight excluding hydrogens is 231 g/mol. The first-order chi connectivity index (χ1) is 8.01. The van der Waals surface area contributed by atoms with E-state index in [9.17, 15) is 13.2 Å². The first-order valence-corrected chi connectivity index (χ1v) is 5.50. The summed E-state index contributed by atoms with van der Waals surface area (Å²) in [4.78, 5) is 0. The fraction of sp³-hybridized carbons (Fsp3) is 0.500. The van der Waals surface area contributed by atoms with Gasteiger partial charge in [-0.3, -0.25) is 0 Å². The van der Waals surface area contributed by atoms with Crippen LogP contribution in [0.4, 0.5) is 13.2 Å². The van der Waals surface area contributed by atoms with Crippen LogP contribution in [-0.2, 0) is 0 Å². The van der Waals surface area contributed by atoms with Gasteiger partial charge in [-0.2, -0.15) is 0 Å². The lowest BCUT2D eigenvalue weighted by Gasteiger charge is -2.13. The summed E-state index contributed by atoms with van der Waals surface area (Å²) in [5.74, 6) is 0.530. The van der Waals surface area contributed by atoms with Crippen LogP contribution in [0.2, 0.25) is 0 Å². The molecule has 0 aromatic heterocycles. The highest BCUT2D eigenvalue weighted by Gasteiger charge is 2.41. The summed E-state index contributed by atoms with van der Waals surface area (Å²) in [7, 11) is 1.84. The van der Waals surface area contributed by atoms with E-state index in [4.69, 9.17) is 0 Å². The molecule has 2 nitrogen and oxygen atoms in total. The Labute approximate surface area is 97.8 Å². The Kier molecular flexibility index (Phi) is 3.28. The number of nitrogens with one attached hydrogen (secondary N) is 1. The van der Waals surface area contributed by atoms with Gasteiger partial charge in [0.05, 0.1) is 0 Å². The van der Waals surface area contributed by atoms with Gasteiger partial charge in [0.15, 0.2) is 0 Å². The van der Waals surface area contributed by atoms with Gasteiger partial charge in [0, 0.05) is 0 Å². The summed E-state index contributed by atoms with van der Waals surface area (Å²) >= 11 is 0. The number of para-hydroxylation sites is 1. The molecule has 94 valence electrons. The lowest BCUT2D eigenvalue weighted by atomic mass is 10.1. The zero-order chi connectivity index (χ0) is 12.5. The van der Waals surface area contributed by atoms with Gasteiger partial charge in [0.25, 0.3) is 0 Å². The van der Waals surface area contributed by atoms with E-state index in [2.05, 4.69) is 10.1 Å².